The Labute approximate surface area is 301 Å². The van der Waals surface area contributed by atoms with Crippen LogP contribution >= 0.6 is 0 Å². The van der Waals surface area contributed by atoms with Gasteiger partial charge in [-0.2, -0.15) is 0 Å². The van der Waals surface area contributed by atoms with Crippen LogP contribution in [0.15, 0.2) is 173 Å². The molecule has 0 radical (unpaired) electrons. The van der Waals surface area contributed by atoms with Crippen molar-refractivity contribution in [2.45, 2.75) is 19.3 Å². The van der Waals surface area contributed by atoms with E-state index < -0.39 is 0 Å². The van der Waals surface area contributed by atoms with Gasteiger partial charge < -0.3 is 13.7 Å². The number of furan rings is 2. The molecule has 0 atom stereocenters. The van der Waals surface area contributed by atoms with Crippen LogP contribution in [0, 0.1) is 0 Å². The topological polar surface area (TPSA) is 29.5 Å². The van der Waals surface area contributed by atoms with Gasteiger partial charge in [0.2, 0.25) is 0 Å². The molecular formula is C49H33NO2. The van der Waals surface area contributed by atoms with Gasteiger partial charge in [0.25, 0.3) is 0 Å². The Balaban J connectivity index is 1.17. The van der Waals surface area contributed by atoms with Gasteiger partial charge in [0.05, 0.1) is 5.69 Å². The standard InChI is InChI=1S/C49H33NO2/c1-49(2)42-19-8-5-14-34(42)35-26-23-31(28-43(35)49)50(32-24-27-38-37-16-7-10-21-45(37)51-46(38)29-32)44-20-9-6-15-36(44)39-17-11-18-40-41-25-22-30-12-3-4-13-33(30)47(41)52-48(39)40/h3-29H,1-2H3. The molecule has 2 aromatic heterocycles. The molecule has 0 fully saturated rings. The van der Waals surface area contributed by atoms with Crippen molar-refractivity contribution in [3.8, 4) is 22.3 Å². The summed E-state index contributed by atoms with van der Waals surface area (Å²) in [6, 6.07) is 58.7. The number of hydrogen-bond acceptors (Lipinski definition) is 3. The summed E-state index contributed by atoms with van der Waals surface area (Å²) in [5, 5.41) is 6.76. The van der Waals surface area contributed by atoms with Crippen LogP contribution in [0.2, 0.25) is 0 Å². The third-order valence-electron chi connectivity index (χ3n) is 11.3. The Hall–Kier alpha value is -6.58. The van der Waals surface area contributed by atoms with E-state index in [9.17, 15) is 0 Å². The summed E-state index contributed by atoms with van der Waals surface area (Å²) in [7, 11) is 0. The van der Waals surface area contributed by atoms with Crippen LogP contribution in [-0.2, 0) is 5.41 Å². The van der Waals surface area contributed by atoms with E-state index >= 15 is 0 Å². The van der Waals surface area contributed by atoms with Gasteiger partial charge in [0.15, 0.2) is 0 Å². The molecule has 1 aliphatic carbocycles. The number of benzene rings is 8. The minimum absolute atomic E-state index is 0.140. The molecule has 10 aromatic rings. The first-order chi connectivity index (χ1) is 25.5. The van der Waals surface area contributed by atoms with Gasteiger partial charge in [-0.15, -0.1) is 0 Å². The Morgan fingerprint density at radius 1 is 0.404 bits per heavy atom. The Bertz CT molecular complexity index is 3070. The van der Waals surface area contributed by atoms with Gasteiger partial charge in [0.1, 0.15) is 22.3 Å². The molecule has 0 unspecified atom stereocenters. The van der Waals surface area contributed by atoms with Crippen molar-refractivity contribution in [1.82, 2.24) is 0 Å². The van der Waals surface area contributed by atoms with Gasteiger partial charge >= 0.3 is 0 Å². The van der Waals surface area contributed by atoms with Crippen molar-refractivity contribution in [3.63, 3.8) is 0 Å². The molecular weight excluding hydrogens is 635 g/mol. The van der Waals surface area contributed by atoms with E-state index in [0.717, 1.165) is 77.5 Å². The van der Waals surface area contributed by atoms with E-state index in [1.165, 1.54) is 27.6 Å². The van der Waals surface area contributed by atoms with Crippen molar-refractivity contribution in [2.75, 3.05) is 4.90 Å². The molecule has 3 nitrogen and oxygen atoms in total. The highest BCUT2D eigenvalue weighted by Crippen LogP contribution is 2.52. The first kappa shape index (κ1) is 29.2. The fourth-order valence-corrected chi connectivity index (χ4v) is 8.75. The SMILES string of the molecule is CC1(C)c2ccccc2-c2ccc(N(c3ccc4c(c3)oc3ccccc34)c3ccccc3-c3cccc4c3oc3c5ccccc5ccc43)cc21. The molecule has 0 saturated carbocycles. The van der Waals surface area contributed by atoms with Crippen molar-refractivity contribution in [3.05, 3.63) is 175 Å². The minimum Gasteiger partial charge on any atom is -0.456 e. The summed E-state index contributed by atoms with van der Waals surface area (Å²) < 4.78 is 13.3. The number of para-hydroxylation sites is 3. The molecule has 0 N–H and O–H groups in total. The van der Waals surface area contributed by atoms with Crippen molar-refractivity contribution in [2.24, 2.45) is 0 Å². The van der Waals surface area contributed by atoms with E-state index in [1.54, 1.807) is 0 Å². The normalized spacial score (nSPS) is 13.3. The highest BCUT2D eigenvalue weighted by molar-refractivity contribution is 6.18. The van der Waals surface area contributed by atoms with E-state index in [2.05, 4.69) is 170 Å². The molecule has 8 aromatic carbocycles. The lowest BCUT2D eigenvalue weighted by Crippen LogP contribution is -2.16. The van der Waals surface area contributed by atoms with Crippen LogP contribution in [0.3, 0.4) is 0 Å². The van der Waals surface area contributed by atoms with Gasteiger partial charge in [-0.05, 0) is 70.1 Å². The third-order valence-corrected chi connectivity index (χ3v) is 11.3. The number of hydrogen-bond donors (Lipinski definition) is 0. The largest absolute Gasteiger partial charge is 0.456 e. The van der Waals surface area contributed by atoms with Gasteiger partial charge in [0, 0.05) is 60.9 Å². The van der Waals surface area contributed by atoms with E-state index in [0.29, 0.717) is 0 Å². The fraction of sp³-hybridized carbons (Fsp3) is 0.0612. The smallest absolute Gasteiger partial charge is 0.143 e. The number of fused-ring (bicyclic) bond motifs is 11. The molecule has 0 spiro atoms. The summed E-state index contributed by atoms with van der Waals surface area (Å²) in [5.41, 5.74) is 14.0. The molecule has 0 bridgehead atoms. The first-order valence-corrected chi connectivity index (χ1v) is 17.9. The monoisotopic (exact) mass is 667 g/mol. The summed E-state index contributed by atoms with van der Waals surface area (Å²) >= 11 is 0. The van der Waals surface area contributed by atoms with Crippen LogP contribution in [0.5, 0.6) is 0 Å². The lowest BCUT2D eigenvalue weighted by Gasteiger charge is -2.29. The predicted molar refractivity (Wildman–Crippen MR) is 216 cm³/mol. The van der Waals surface area contributed by atoms with Crippen LogP contribution in [0.25, 0.3) is 76.9 Å². The zero-order chi connectivity index (χ0) is 34.6. The third kappa shape index (κ3) is 4.08. The second-order valence-corrected chi connectivity index (χ2v) is 14.5. The Morgan fingerprint density at radius 2 is 1.04 bits per heavy atom. The Kier molecular flexibility index (Phi) is 6.01. The van der Waals surface area contributed by atoms with Crippen LogP contribution in [0.4, 0.5) is 17.1 Å². The lowest BCUT2D eigenvalue weighted by molar-refractivity contribution is 0.660. The molecule has 246 valence electrons. The highest BCUT2D eigenvalue weighted by atomic mass is 16.3. The quantitative estimate of drug-likeness (QED) is 0.187. The maximum absolute atomic E-state index is 6.88. The number of rotatable bonds is 4. The molecule has 1 aliphatic rings. The first-order valence-electron chi connectivity index (χ1n) is 17.9. The Morgan fingerprint density at radius 3 is 1.96 bits per heavy atom. The van der Waals surface area contributed by atoms with Crippen molar-refractivity contribution in [1.29, 1.82) is 0 Å². The molecule has 2 heterocycles. The highest BCUT2D eigenvalue weighted by Gasteiger charge is 2.36. The van der Waals surface area contributed by atoms with Crippen LogP contribution < -0.4 is 4.90 Å². The van der Waals surface area contributed by atoms with Crippen LogP contribution in [-0.4, -0.2) is 0 Å². The van der Waals surface area contributed by atoms with Gasteiger partial charge in [-0.3, -0.25) is 0 Å². The molecule has 0 aliphatic heterocycles. The zero-order valence-corrected chi connectivity index (χ0v) is 28.9. The van der Waals surface area contributed by atoms with Gasteiger partial charge in [-0.1, -0.05) is 129 Å². The second kappa shape index (κ2) is 10.7. The average Bonchev–Trinajstić information content (AvgIpc) is 3.83. The zero-order valence-electron chi connectivity index (χ0n) is 28.9. The van der Waals surface area contributed by atoms with E-state index in [4.69, 9.17) is 8.83 Å². The van der Waals surface area contributed by atoms with E-state index in [1.807, 2.05) is 12.1 Å². The molecule has 11 rings (SSSR count). The minimum atomic E-state index is -0.140. The molecule has 0 saturated heterocycles. The van der Waals surface area contributed by atoms with E-state index in [-0.39, 0.29) is 5.41 Å². The van der Waals surface area contributed by atoms with Gasteiger partial charge in [-0.25, -0.2) is 0 Å². The molecule has 3 heteroatoms. The maximum atomic E-state index is 6.88. The van der Waals surface area contributed by atoms with Crippen molar-refractivity contribution >= 4 is 71.7 Å². The summed E-state index contributed by atoms with van der Waals surface area (Å²) in [4.78, 5) is 2.39. The summed E-state index contributed by atoms with van der Waals surface area (Å²) in [6.07, 6.45) is 0. The predicted octanol–water partition coefficient (Wildman–Crippen LogP) is 14.1. The second-order valence-electron chi connectivity index (χ2n) is 14.5. The maximum Gasteiger partial charge on any atom is 0.143 e. The average molecular weight is 668 g/mol. The van der Waals surface area contributed by atoms with Crippen molar-refractivity contribution < 1.29 is 8.83 Å². The molecule has 52 heavy (non-hydrogen) atoms. The lowest BCUT2D eigenvalue weighted by atomic mass is 9.82. The fourth-order valence-electron chi connectivity index (χ4n) is 8.75. The van der Waals surface area contributed by atoms with Crippen LogP contribution in [0.1, 0.15) is 25.0 Å². The summed E-state index contributed by atoms with van der Waals surface area (Å²) in [6.45, 7) is 4.68. The number of nitrogens with zero attached hydrogens (tertiary/aromatic N) is 1. The number of anilines is 3. The molecule has 0 amide bonds. The summed E-state index contributed by atoms with van der Waals surface area (Å²) in [5.74, 6) is 0.